The second kappa shape index (κ2) is 7.73. The van der Waals surface area contributed by atoms with Crippen LogP contribution in [0.4, 0.5) is 0 Å². The first-order chi connectivity index (χ1) is 12.5. The number of likely N-dealkylation sites (tertiary alicyclic amines) is 1. The van der Waals surface area contributed by atoms with Crippen molar-refractivity contribution in [3.05, 3.63) is 60.7 Å². The molecule has 1 aliphatic rings. The molecule has 0 bridgehead atoms. The smallest absolute Gasteiger partial charge is 0.245 e. The standard InChI is InChI=1S/C22H26N2O2/c1-4-21(25)24-13-11-18(12-14-24)22(26)23(3)16(2)19-10-9-17-7-5-6-8-20(17)15-19/h4-10,15-16,18H,1,11-14H2,2-3H3. The number of carbonyl (C=O) groups excluding carboxylic acids is 2. The third kappa shape index (κ3) is 3.64. The predicted octanol–water partition coefficient (Wildman–Crippen LogP) is 3.78. The molecule has 136 valence electrons. The summed E-state index contributed by atoms with van der Waals surface area (Å²) in [5, 5.41) is 2.39. The van der Waals surface area contributed by atoms with Gasteiger partial charge in [0.15, 0.2) is 0 Å². The Hall–Kier alpha value is -2.62. The number of rotatable bonds is 4. The molecule has 1 heterocycles. The maximum atomic E-state index is 12.9. The number of hydrogen-bond donors (Lipinski definition) is 0. The topological polar surface area (TPSA) is 40.6 Å². The summed E-state index contributed by atoms with van der Waals surface area (Å²) in [6, 6.07) is 14.6. The minimum Gasteiger partial charge on any atom is -0.339 e. The van der Waals surface area contributed by atoms with E-state index in [1.54, 1.807) is 4.90 Å². The first-order valence-corrected chi connectivity index (χ1v) is 9.18. The van der Waals surface area contributed by atoms with Gasteiger partial charge < -0.3 is 9.80 Å². The zero-order chi connectivity index (χ0) is 18.7. The second-order valence-corrected chi connectivity index (χ2v) is 7.04. The molecule has 2 aromatic carbocycles. The molecule has 0 aliphatic carbocycles. The Morgan fingerprint density at radius 2 is 1.81 bits per heavy atom. The summed E-state index contributed by atoms with van der Waals surface area (Å²) in [6.07, 6.45) is 2.77. The van der Waals surface area contributed by atoms with Crippen LogP contribution in [0.25, 0.3) is 10.8 Å². The van der Waals surface area contributed by atoms with Gasteiger partial charge >= 0.3 is 0 Å². The molecule has 1 fully saturated rings. The zero-order valence-electron chi connectivity index (χ0n) is 15.5. The summed E-state index contributed by atoms with van der Waals surface area (Å²) in [7, 11) is 1.88. The Morgan fingerprint density at radius 1 is 1.15 bits per heavy atom. The van der Waals surface area contributed by atoms with Crippen molar-refractivity contribution in [3.8, 4) is 0 Å². The quantitative estimate of drug-likeness (QED) is 0.787. The van der Waals surface area contributed by atoms with Gasteiger partial charge in [0.1, 0.15) is 0 Å². The zero-order valence-corrected chi connectivity index (χ0v) is 15.5. The lowest BCUT2D eigenvalue weighted by Gasteiger charge is -2.34. The van der Waals surface area contributed by atoms with Crippen LogP contribution in [0.3, 0.4) is 0 Å². The van der Waals surface area contributed by atoms with Crippen molar-refractivity contribution in [3.63, 3.8) is 0 Å². The highest BCUT2D eigenvalue weighted by Gasteiger charge is 2.30. The SMILES string of the molecule is C=CC(=O)N1CCC(C(=O)N(C)C(C)c2ccc3ccccc3c2)CC1. The second-order valence-electron chi connectivity index (χ2n) is 7.04. The maximum Gasteiger partial charge on any atom is 0.245 e. The fourth-order valence-electron chi connectivity index (χ4n) is 3.65. The van der Waals surface area contributed by atoms with Crippen LogP contribution in [0.15, 0.2) is 55.1 Å². The number of nitrogens with zero attached hydrogens (tertiary/aromatic N) is 2. The molecule has 0 aromatic heterocycles. The van der Waals surface area contributed by atoms with Crippen LogP contribution in [0, 0.1) is 5.92 Å². The molecule has 3 rings (SSSR count). The van der Waals surface area contributed by atoms with Gasteiger partial charge in [-0.2, -0.15) is 0 Å². The molecule has 1 atom stereocenters. The largest absolute Gasteiger partial charge is 0.339 e. The predicted molar refractivity (Wildman–Crippen MR) is 105 cm³/mol. The van der Waals surface area contributed by atoms with Crippen LogP contribution in [0.2, 0.25) is 0 Å². The van der Waals surface area contributed by atoms with E-state index in [9.17, 15) is 9.59 Å². The lowest BCUT2D eigenvalue weighted by molar-refractivity contribution is -0.139. The van der Waals surface area contributed by atoms with Gasteiger partial charge in [-0.15, -0.1) is 0 Å². The number of hydrogen-bond acceptors (Lipinski definition) is 2. The van der Waals surface area contributed by atoms with Crippen molar-refractivity contribution in [2.24, 2.45) is 5.92 Å². The molecule has 0 radical (unpaired) electrons. The molecule has 1 saturated heterocycles. The van der Waals surface area contributed by atoms with E-state index >= 15 is 0 Å². The fraction of sp³-hybridized carbons (Fsp3) is 0.364. The van der Waals surface area contributed by atoms with Crippen molar-refractivity contribution >= 4 is 22.6 Å². The molecule has 0 spiro atoms. The van der Waals surface area contributed by atoms with Gasteiger partial charge in [0.25, 0.3) is 0 Å². The molecule has 1 aliphatic heterocycles. The Kier molecular flexibility index (Phi) is 5.40. The lowest BCUT2D eigenvalue weighted by Crippen LogP contribution is -2.43. The van der Waals surface area contributed by atoms with Crippen LogP contribution in [-0.4, -0.2) is 41.8 Å². The minimum atomic E-state index is -0.0474. The van der Waals surface area contributed by atoms with E-state index in [-0.39, 0.29) is 23.8 Å². The van der Waals surface area contributed by atoms with Crippen molar-refractivity contribution in [2.45, 2.75) is 25.8 Å². The average molecular weight is 350 g/mol. The van der Waals surface area contributed by atoms with E-state index < -0.39 is 0 Å². The van der Waals surface area contributed by atoms with Gasteiger partial charge in [-0.25, -0.2) is 0 Å². The van der Waals surface area contributed by atoms with Crippen LogP contribution in [-0.2, 0) is 9.59 Å². The third-order valence-corrected chi connectivity index (χ3v) is 5.51. The Morgan fingerprint density at radius 3 is 2.46 bits per heavy atom. The highest BCUT2D eigenvalue weighted by molar-refractivity contribution is 5.87. The van der Waals surface area contributed by atoms with E-state index in [4.69, 9.17) is 0 Å². The Balaban J connectivity index is 1.67. The summed E-state index contributed by atoms with van der Waals surface area (Å²) in [5.41, 5.74) is 1.14. The Bertz CT molecular complexity index is 822. The molecular weight excluding hydrogens is 324 g/mol. The van der Waals surface area contributed by atoms with E-state index in [0.29, 0.717) is 25.9 Å². The van der Waals surface area contributed by atoms with E-state index in [1.165, 1.54) is 16.8 Å². The number of piperidine rings is 1. The van der Waals surface area contributed by atoms with Gasteiger partial charge in [0.05, 0.1) is 6.04 Å². The number of carbonyl (C=O) groups is 2. The van der Waals surface area contributed by atoms with Crippen molar-refractivity contribution in [1.29, 1.82) is 0 Å². The molecule has 0 saturated carbocycles. The van der Waals surface area contributed by atoms with Gasteiger partial charge in [-0.1, -0.05) is 43.0 Å². The average Bonchev–Trinajstić information content (AvgIpc) is 2.71. The molecule has 4 nitrogen and oxygen atoms in total. The highest BCUT2D eigenvalue weighted by Crippen LogP contribution is 2.27. The highest BCUT2D eigenvalue weighted by atomic mass is 16.2. The maximum absolute atomic E-state index is 12.9. The molecule has 2 amide bonds. The fourth-order valence-corrected chi connectivity index (χ4v) is 3.65. The molecule has 26 heavy (non-hydrogen) atoms. The summed E-state index contributed by atoms with van der Waals surface area (Å²) in [5.74, 6) is 0.0990. The molecule has 1 unspecified atom stereocenters. The van der Waals surface area contributed by atoms with E-state index in [1.807, 2.05) is 24.1 Å². The van der Waals surface area contributed by atoms with Crippen molar-refractivity contribution in [1.82, 2.24) is 9.80 Å². The number of fused-ring (bicyclic) bond motifs is 1. The van der Waals surface area contributed by atoms with Gasteiger partial charge in [0.2, 0.25) is 11.8 Å². The normalized spacial score (nSPS) is 16.3. The lowest BCUT2D eigenvalue weighted by atomic mass is 9.94. The van der Waals surface area contributed by atoms with Crippen molar-refractivity contribution < 1.29 is 9.59 Å². The van der Waals surface area contributed by atoms with Gasteiger partial charge in [-0.05, 0) is 48.2 Å². The molecule has 0 N–H and O–H groups in total. The summed E-state index contributed by atoms with van der Waals surface area (Å²) in [4.78, 5) is 28.2. The minimum absolute atomic E-state index is 0.0138. The van der Waals surface area contributed by atoms with Crippen LogP contribution in [0.5, 0.6) is 0 Å². The Labute approximate surface area is 155 Å². The van der Waals surface area contributed by atoms with E-state index in [0.717, 1.165) is 5.56 Å². The van der Waals surface area contributed by atoms with E-state index in [2.05, 4.69) is 43.8 Å². The molecule has 4 heteroatoms. The summed E-state index contributed by atoms with van der Waals surface area (Å²) >= 11 is 0. The van der Waals surface area contributed by atoms with Crippen LogP contribution < -0.4 is 0 Å². The molecule has 2 aromatic rings. The first-order valence-electron chi connectivity index (χ1n) is 9.18. The number of benzene rings is 2. The van der Waals surface area contributed by atoms with Gasteiger partial charge in [0, 0.05) is 26.1 Å². The summed E-state index contributed by atoms with van der Waals surface area (Å²) in [6.45, 7) is 6.85. The van der Waals surface area contributed by atoms with Crippen molar-refractivity contribution in [2.75, 3.05) is 20.1 Å². The summed E-state index contributed by atoms with van der Waals surface area (Å²) < 4.78 is 0. The van der Waals surface area contributed by atoms with Crippen LogP contribution in [0.1, 0.15) is 31.4 Å². The monoisotopic (exact) mass is 350 g/mol. The van der Waals surface area contributed by atoms with Crippen LogP contribution >= 0.6 is 0 Å². The molecular formula is C22H26N2O2. The number of amides is 2. The third-order valence-electron chi connectivity index (χ3n) is 5.51. The van der Waals surface area contributed by atoms with Gasteiger partial charge in [-0.3, -0.25) is 9.59 Å². The first kappa shape index (κ1) is 18.2.